The van der Waals surface area contributed by atoms with Gasteiger partial charge in [-0.15, -0.1) is 0 Å². The summed E-state index contributed by atoms with van der Waals surface area (Å²) in [6.45, 7) is 2.21. The van der Waals surface area contributed by atoms with Gasteiger partial charge in [-0.1, -0.05) is 30.3 Å². The summed E-state index contributed by atoms with van der Waals surface area (Å²) in [6.07, 6.45) is 0.230. The molecule has 2 rings (SSSR count). The monoisotopic (exact) mass is 292 g/mol. The average molecular weight is 292 g/mol. The van der Waals surface area contributed by atoms with Crippen molar-refractivity contribution < 1.29 is 19.4 Å². The summed E-state index contributed by atoms with van der Waals surface area (Å²) in [5.41, 5.74) is 5.85. The van der Waals surface area contributed by atoms with Gasteiger partial charge in [-0.3, -0.25) is 4.79 Å². The molecule has 1 aliphatic heterocycles. The Labute approximate surface area is 123 Å². The molecule has 0 saturated carbocycles. The summed E-state index contributed by atoms with van der Waals surface area (Å²) >= 11 is 0. The van der Waals surface area contributed by atoms with Gasteiger partial charge in [0.2, 0.25) is 5.91 Å². The van der Waals surface area contributed by atoms with Gasteiger partial charge in [-0.2, -0.15) is 0 Å². The second-order valence-electron chi connectivity index (χ2n) is 5.59. The van der Waals surface area contributed by atoms with Crippen molar-refractivity contribution in [3.63, 3.8) is 0 Å². The highest BCUT2D eigenvalue weighted by Crippen LogP contribution is 2.27. The number of benzene rings is 1. The molecule has 1 saturated heterocycles. The first-order valence-corrected chi connectivity index (χ1v) is 6.84. The lowest BCUT2D eigenvalue weighted by Crippen LogP contribution is -2.54. The van der Waals surface area contributed by atoms with Crippen molar-refractivity contribution in [2.75, 3.05) is 13.2 Å². The summed E-state index contributed by atoms with van der Waals surface area (Å²) in [5.74, 6) is -1.45. The van der Waals surface area contributed by atoms with Crippen LogP contribution >= 0.6 is 0 Å². The molecule has 0 spiro atoms. The van der Waals surface area contributed by atoms with E-state index in [2.05, 4.69) is 5.32 Å². The standard InChI is InChI=1S/C15H20N2O4/c1-15(9-21-8-12(15)16)14(20)17-11(13(18)19)7-10-5-3-2-4-6-10/h2-6,11-12H,7-9,16H2,1H3,(H,17,20)(H,18,19). The summed E-state index contributed by atoms with van der Waals surface area (Å²) in [5, 5.41) is 11.9. The summed E-state index contributed by atoms with van der Waals surface area (Å²) in [6, 6.07) is 7.76. The first kappa shape index (κ1) is 15.5. The minimum atomic E-state index is -1.07. The molecule has 3 unspecified atom stereocenters. The fourth-order valence-corrected chi connectivity index (χ4v) is 2.30. The van der Waals surface area contributed by atoms with E-state index in [-0.39, 0.29) is 18.9 Å². The van der Waals surface area contributed by atoms with Gasteiger partial charge < -0.3 is 20.9 Å². The molecule has 6 nitrogen and oxygen atoms in total. The van der Waals surface area contributed by atoms with Crippen LogP contribution in [-0.2, 0) is 20.7 Å². The Morgan fingerprint density at radius 1 is 1.48 bits per heavy atom. The molecule has 0 aliphatic carbocycles. The molecule has 3 atom stereocenters. The third-order valence-electron chi connectivity index (χ3n) is 3.92. The molecule has 1 fully saturated rings. The van der Waals surface area contributed by atoms with Gasteiger partial charge >= 0.3 is 5.97 Å². The maximum absolute atomic E-state index is 12.3. The second-order valence-corrected chi connectivity index (χ2v) is 5.59. The predicted molar refractivity (Wildman–Crippen MR) is 76.6 cm³/mol. The molecular formula is C15H20N2O4. The molecule has 114 valence electrons. The molecule has 1 heterocycles. The summed E-state index contributed by atoms with van der Waals surface area (Å²) in [4.78, 5) is 23.7. The highest BCUT2D eigenvalue weighted by molar-refractivity contribution is 5.88. The van der Waals surface area contributed by atoms with E-state index in [1.807, 2.05) is 30.3 Å². The topological polar surface area (TPSA) is 102 Å². The molecule has 0 aromatic heterocycles. The largest absolute Gasteiger partial charge is 0.480 e. The molecule has 6 heteroatoms. The van der Waals surface area contributed by atoms with E-state index >= 15 is 0 Å². The van der Waals surface area contributed by atoms with Crippen molar-refractivity contribution >= 4 is 11.9 Å². The molecule has 1 amide bonds. The molecule has 21 heavy (non-hydrogen) atoms. The van der Waals surface area contributed by atoms with E-state index in [0.29, 0.717) is 6.61 Å². The number of carbonyl (C=O) groups excluding carboxylic acids is 1. The normalized spacial score (nSPS) is 26.3. The number of aliphatic carboxylic acids is 1. The van der Waals surface area contributed by atoms with Crippen molar-refractivity contribution in [1.82, 2.24) is 5.32 Å². The highest BCUT2D eigenvalue weighted by Gasteiger charge is 2.45. The first-order chi connectivity index (χ1) is 9.93. The second kappa shape index (κ2) is 6.24. The number of hydrogen-bond acceptors (Lipinski definition) is 4. The van der Waals surface area contributed by atoms with E-state index in [0.717, 1.165) is 5.56 Å². The zero-order chi connectivity index (χ0) is 15.5. The first-order valence-electron chi connectivity index (χ1n) is 6.84. The third kappa shape index (κ3) is 3.40. The van der Waals surface area contributed by atoms with E-state index < -0.39 is 23.5 Å². The molecule has 1 aromatic carbocycles. The minimum Gasteiger partial charge on any atom is -0.480 e. The zero-order valence-corrected chi connectivity index (χ0v) is 11.9. The Hall–Kier alpha value is -1.92. The molecule has 0 bridgehead atoms. The van der Waals surface area contributed by atoms with Gasteiger partial charge in [-0.05, 0) is 12.5 Å². The molecule has 0 radical (unpaired) electrons. The van der Waals surface area contributed by atoms with Crippen LogP contribution in [0, 0.1) is 5.41 Å². The third-order valence-corrected chi connectivity index (χ3v) is 3.92. The Morgan fingerprint density at radius 2 is 2.14 bits per heavy atom. The van der Waals surface area contributed by atoms with Crippen molar-refractivity contribution in [2.45, 2.75) is 25.4 Å². The SMILES string of the molecule is CC1(C(=O)NC(Cc2ccccc2)C(=O)O)COCC1N. The van der Waals surface area contributed by atoms with Crippen molar-refractivity contribution in [2.24, 2.45) is 11.1 Å². The molecule has 1 aromatic rings. The fourth-order valence-electron chi connectivity index (χ4n) is 2.30. The number of carboxylic acid groups (broad SMARTS) is 1. The van der Waals surface area contributed by atoms with E-state index in [9.17, 15) is 14.7 Å². The summed E-state index contributed by atoms with van der Waals surface area (Å²) in [7, 11) is 0. The fraction of sp³-hybridized carbons (Fsp3) is 0.467. The number of carbonyl (C=O) groups is 2. The van der Waals surface area contributed by atoms with E-state index in [1.165, 1.54) is 0 Å². The van der Waals surface area contributed by atoms with Gasteiger partial charge in [0.25, 0.3) is 0 Å². The number of amides is 1. The van der Waals surface area contributed by atoms with Crippen molar-refractivity contribution in [3.05, 3.63) is 35.9 Å². The van der Waals surface area contributed by atoms with Crippen LogP contribution in [0.2, 0.25) is 0 Å². The maximum atomic E-state index is 12.3. The zero-order valence-electron chi connectivity index (χ0n) is 11.9. The van der Waals surface area contributed by atoms with Crippen LogP contribution in [0.4, 0.5) is 0 Å². The Kier molecular flexibility index (Phi) is 4.59. The lowest BCUT2D eigenvalue weighted by molar-refractivity contribution is -0.143. The van der Waals surface area contributed by atoms with Crippen LogP contribution in [0.3, 0.4) is 0 Å². The van der Waals surface area contributed by atoms with Crippen LogP contribution in [0.25, 0.3) is 0 Å². The molecule has 1 aliphatic rings. The molecule has 4 N–H and O–H groups in total. The number of hydrogen-bond donors (Lipinski definition) is 3. The van der Waals surface area contributed by atoms with Gasteiger partial charge in [0.15, 0.2) is 0 Å². The van der Waals surface area contributed by atoms with Crippen LogP contribution in [0.5, 0.6) is 0 Å². The number of nitrogens with one attached hydrogen (secondary N) is 1. The van der Waals surface area contributed by atoms with Gasteiger partial charge in [0.1, 0.15) is 6.04 Å². The van der Waals surface area contributed by atoms with E-state index in [4.69, 9.17) is 10.5 Å². The average Bonchev–Trinajstić information content (AvgIpc) is 2.80. The Bertz CT molecular complexity index is 520. The Balaban J connectivity index is 2.06. The van der Waals surface area contributed by atoms with Gasteiger partial charge in [-0.25, -0.2) is 4.79 Å². The Morgan fingerprint density at radius 3 is 2.67 bits per heavy atom. The summed E-state index contributed by atoms with van der Waals surface area (Å²) < 4.78 is 5.22. The number of rotatable bonds is 5. The van der Waals surface area contributed by atoms with Crippen molar-refractivity contribution in [3.8, 4) is 0 Å². The van der Waals surface area contributed by atoms with E-state index in [1.54, 1.807) is 6.92 Å². The maximum Gasteiger partial charge on any atom is 0.326 e. The quantitative estimate of drug-likeness (QED) is 0.717. The number of carboxylic acids is 1. The van der Waals surface area contributed by atoms with Gasteiger partial charge in [0.05, 0.1) is 18.6 Å². The number of nitrogens with two attached hydrogens (primary N) is 1. The van der Waals surface area contributed by atoms with Crippen LogP contribution in [-0.4, -0.2) is 42.3 Å². The predicted octanol–water partition coefficient (Wildman–Crippen LogP) is 0.162. The molecular weight excluding hydrogens is 272 g/mol. The van der Waals surface area contributed by atoms with Crippen molar-refractivity contribution in [1.29, 1.82) is 0 Å². The highest BCUT2D eigenvalue weighted by atomic mass is 16.5. The van der Waals surface area contributed by atoms with Gasteiger partial charge in [0, 0.05) is 12.5 Å². The van der Waals surface area contributed by atoms with Crippen LogP contribution in [0.15, 0.2) is 30.3 Å². The lowest BCUT2D eigenvalue weighted by atomic mass is 9.84. The minimum absolute atomic E-state index is 0.206. The number of ether oxygens (including phenoxy) is 1. The lowest BCUT2D eigenvalue weighted by Gasteiger charge is -2.27. The smallest absolute Gasteiger partial charge is 0.326 e. The van der Waals surface area contributed by atoms with Crippen LogP contribution < -0.4 is 11.1 Å². The van der Waals surface area contributed by atoms with Crippen LogP contribution in [0.1, 0.15) is 12.5 Å².